The van der Waals surface area contributed by atoms with Crippen LogP contribution in [0.5, 0.6) is 0 Å². The third-order valence-corrected chi connectivity index (χ3v) is 9.41. The van der Waals surface area contributed by atoms with Gasteiger partial charge in [0, 0.05) is 44.7 Å². The van der Waals surface area contributed by atoms with Gasteiger partial charge in [-0.3, -0.25) is 0 Å². The van der Waals surface area contributed by atoms with Crippen LogP contribution < -0.4 is 4.90 Å². The maximum atomic E-state index is 6.29. The van der Waals surface area contributed by atoms with Crippen LogP contribution in [-0.2, 0) is 0 Å². The molecule has 0 aliphatic heterocycles. The first-order chi connectivity index (χ1) is 23.3. The fourth-order valence-electron chi connectivity index (χ4n) is 7.15. The Labute approximate surface area is 270 Å². The summed E-state index contributed by atoms with van der Waals surface area (Å²) < 4.78 is 12.5. The van der Waals surface area contributed by atoms with Gasteiger partial charge in [-0.25, -0.2) is 0 Å². The molecule has 0 unspecified atom stereocenters. The molecule has 47 heavy (non-hydrogen) atoms. The van der Waals surface area contributed by atoms with Crippen LogP contribution >= 0.6 is 0 Å². The van der Waals surface area contributed by atoms with Crippen molar-refractivity contribution in [2.45, 2.75) is 0 Å². The van der Waals surface area contributed by atoms with Crippen LogP contribution in [0.3, 0.4) is 0 Å². The second kappa shape index (κ2) is 10.1. The zero-order chi connectivity index (χ0) is 30.9. The zero-order valence-electron chi connectivity index (χ0n) is 25.4. The molecular weight excluding hydrogens is 574 g/mol. The van der Waals surface area contributed by atoms with Crippen LogP contribution in [0.2, 0.25) is 0 Å². The summed E-state index contributed by atoms with van der Waals surface area (Å²) in [6, 6.07) is 58.0. The van der Waals surface area contributed by atoms with Gasteiger partial charge < -0.3 is 13.7 Å². The van der Waals surface area contributed by atoms with E-state index in [0.717, 1.165) is 55.6 Å². The van der Waals surface area contributed by atoms with Gasteiger partial charge in [0.25, 0.3) is 0 Å². The van der Waals surface area contributed by atoms with E-state index in [1.54, 1.807) is 0 Å². The molecule has 0 spiro atoms. The Balaban J connectivity index is 1.12. The van der Waals surface area contributed by atoms with E-state index in [1.807, 2.05) is 24.3 Å². The Morgan fingerprint density at radius 3 is 1.81 bits per heavy atom. The van der Waals surface area contributed by atoms with Crippen molar-refractivity contribution in [3.63, 3.8) is 0 Å². The van der Waals surface area contributed by atoms with E-state index in [9.17, 15) is 0 Å². The number of nitrogens with zero attached hydrogens (tertiary/aromatic N) is 1. The monoisotopic (exact) mass is 601 g/mol. The average molecular weight is 602 g/mol. The molecule has 0 saturated heterocycles. The molecule has 0 fully saturated rings. The number of fused-ring (bicyclic) bond motifs is 9. The number of rotatable bonds is 4. The molecule has 0 radical (unpaired) electrons. The standard InChI is InChI=1S/C44H27NO2/c1-2-8-33(9-3-1)45(35-21-22-37-36-10-4-6-12-40(36)47-43(37)27-35)34-20-18-28-14-16-30(24-32(28)25-34)31-17-15-29-19-23-42-44(39(29)26-31)38-11-5-7-13-41(38)46-42/h1-27H. The SMILES string of the molecule is c1ccc(N(c2ccc3ccc(-c4ccc5ccc6oc7ccccc7c6c5c4)cc3c2)c2ccc3c(c2)oc2ccccc23)cc1. The summed E-state index contributed by atoms with van der Waals surface area (Å²) in [5.74, 6) is 0. The molecule has 2 heterocycles. The van der Waals surface area contributed by atoms with Crippen molar-refractivity contribution in [2.24, 2.45) is 0 Å². The lowest BCUT2D eigenvalue weighted by Crippen LogP contribution is -2.09. The summed E-state index contributed by atoms with van der Waals surface area (Å²) in [5, 5.41) is 9.36. The van der Waals surface area contributed by atoms with Gasteiger partial charge in [-0.15, -0.1) is 0 Å². The normalized spacial score (nSPS) is 11.8. The van der Waals surface area contributed by atoms with E-state index in [4.69, 9.17) is 8.83 Å². The number of furan rings is 2. The van der Waals surface area contributed by atoms with E-state index < -0.39 is 0 Å². The van der Waals surface area contributed by atoms with Crippen molar-refractivity contribution in [3.8, 4) is 11.1 Å². The minimum Gasteiger partial charge on any atom is -0.456 e. The van der Waals surface area contributed by atoms with Gasteiger partial charge in [-0.1, -0.05) is 91.0 Å². The predicted molar refractivity (Wildman–Crippen MR) is 196 cm³/mol. The van der Waals surface area contributed by atoms with Crippen LogP contribution in [-0.4, -0.2) is 0 Å². The molecule has 220 valence electrons. The van der Waals surface area contributed by atoms with Crippen molar-refractivity contribution in [3.05, 3.63) is 164 Å². The summed E-state index contributed by atoms with van der Waals surface area (Å²) in [5.41, 5.74) is 9.19. The Morgan fingerprint density at radius 1 is 0.319 bits per heavy atom. The van der Waals surface area contributed by atoms with Crippen molar-refractivity contribution < 1.29 is 8.83 Å². The number of para-hydroxylation sites is 3. The molecule has 0 saturated carbocycles. The molecule has 3 nitrogen and oxygen atoms in total. The van der Waals surface area contributed by atoms with Crippen molar-refractivity contribution >= 4 is 82.5 Å². The molecule has 10 aromatic rings. The van der Waals surface area contributed by atoms with Crippen LogP contribution in [0.25, 0.3) is 76.5 Å². The quantitative estimate of drug-likeness (QED) is 0.201. The van der Waals surface area contributed by atoms with E-state index in [1.165, 1.54) is 38.1 Å². The first kappa shape index (κ1) is 26.0. The average Bonchev–Trinajstić information content (AvgIpc) is 3.70. The lowest BCUT2D eigenvalue weighted by molar-refractivity contribution is 0.668. The fourth-order valence-corrected chi connectivity index (χ4v) is 7.15. The van der Waals surface area contributed by atoms with E-state index in [2.05, 4.69) is 144 Å². The molecule has 0 amide bonds. The molecule has 0 atom stereocenters. The molecule has 0 aliphatic carbocycles. The Bertz CT molecular complexity index is 2810. The number of benzene rings is 8. The number of hydrogen-bond acceptors (Lipinski definition) is 3. The Hall–Kier alpha value is -6.32. The first-order valence-corrected chi connectivity index (χ1v) is 15.9. The maximum Gasteiger partial charge on any atom is 0.137 e. The van der Waals surface area contributed by atoms with Crippen molar-refractivity contribution in [2.75, 3.05) is 4.90 Å². The summed E-state index contributed by atoms with van der Waals surface area (Å²) in [6.45, 7) is 0. The summed E-state index contributed by atoms with van der Waals surface area (Å²) in [6.07, 6.45) is 0. The van der Waals surface area contributed by atoms with Crippen LogP contribution in [0.1, 0.15) is 0 Å². The smallest absolute Gasteiger partial charge is 0.137 e. The molecule has 2 aromatic heterocycles. The van der Waals surface area contributed by atoms with Crippen molar-refractivity contribution in [1.82, 2.24) is 0 Å². The summed E-state index contributed by atoms with van der Waals surface area (Å²) in [7, 11) is 0. The van der Waals surface area contributed by atoms with Gasteiger partial charge in [0.1, 0.15) is 22.3 Å². The zero-order valence-corrected chi connectivity index (χ0v) is 25.4. The Kier molecular flexibility index (Phi) is 5.57. The van der Waals surface area contributed by atoms with Crippen LogP contribution in [0.15, 0.2) is 173 Å². The highest BCUT2D eigenvalue weighted by molar-refractivity contribution is 6.19. The summed E-state index contributed by atoms with van der Waals surface area (Å²) >= 11 is 0. The lowest BCUT2D eigenvalue weighted by Gasteiger charge is -2.25. The largest absolute Gasteiger partial charge is 0.456 e. The summed E-state index contributed by atoms with van der Waals surface area (Å²) in [4.78, 5) is 2.30. The van der Waals surface area contributed by atoms with E-state index in [-0.39, 0.29) is 0 Å². The highest BCUT2D eigenvalue weighted by Gasteiger charge is 2.16. The second-order valence-corrected chi connectivity index (χ2v) is 12.2. The van der Waals surface area contributed by atoms with Gasteiger partial charge >= 0.3 is 0 Å². The number of hydrogen-bond donors (Lipinski definition) is 0. The molecule has 10 rings (SSSR count). The maximum absolute atomic E-state index is 6.29. The van der Waals surface area contributed by atoms with E-state index >= 15 is 0 Å². The molecule has 8 aromatic carbocycles. The highest BCUT2D eigenvalue weighted by Crippen LogP contribution is 2.41. The molecule has 0 N–H and O–H groups in total. The molecule has 0 aliphatic rings. The van der Waals surface area contributed by atoms with Gasteiger partial charge in [-0.2, -0.15) is 0 Å². The number of anilines is 3. The van der Waals surface area contributed by atoms with Crippen LogP contribution in [0.4, 0.5) is 17.1 Å². The van der Waals surface area contributed by atoms with Gasteiger partial charge in [0.05, 0.1) is 0 Å². The third-order valence-electron chi connectivity index (χ3n) is 9.41. The third kappa shape index (κ3) is 4.14. The second-order valence-electron chi connectivity index (χ2n) is 12.2. The lowest BCUT2D eigenvalue weighted by atomic mass is 9.96. The highest BCUT2D eigenvalue weighted by atomic mass is 16.3. The van der Waals surface area contributed by atoms with Crippen molar-refractivity contribution in [1.29, 1.82) is 0 Å². The minimum absolute atomic E-state index is 0.878. The van der Waals surface area contributed by atoms with Gasteiger partial charge in [0.15, 0.2) is 0 Å². The van der Waals surface area contributed by atoms with E-state index in [0.29, 0.717) is 0 Å². The fraction of sp³-hybridized carbons (Fsp3) is 0. The predicted octanol–water partition coefficient (Wildman–Crippen LogP) is 12.9. The molecule has 3 heteroatoms. The first-order valence-electron chi connectivity index (χ1n) is 15.9. The molecule has 0 bridgehead atoms. The minimum atomic E-state index is 0.878. The topological polar surface area (TPSA) is 29.5 Å². The van der Waals surface area contributed by atoms with Gasteiger partial charge in [-0.05, 0) is 99.4 Å². The molecular formula is C44H27NO2. The Morgan fingerprint density at radius 2 is 0.936 bits per heavy atom. The van der Waals surface area contributed by atoms with Crippen LogP contribution in [0, 0.1) is 0 Å². The van der Waals surface area contributed by atoms with Gasteiger partial charge in [0.2, 0.25) is 0 Å².